The quantitative estimate of drug-likeness (QED) is 0.527. The van der Waals surface area contributed by atoms with E-state index in [1.165, 1.54) is 18.2 Å². The van der Waals surface area contributed by atoms with Crippen molar-refractivity contribution in [2.24, 2.45) is 0 Å². The summed E-state index contributed by atoms with van der Waals surface area (Å²) in [6, 6.07) is 18.6. The van der Waals surface area contributed by atoms with Gasteiger partial charge in [-0.15, -0.1) is 0 Å². The fourth-order valence-corrected chi connectivity index (χ4v) is 3.24. The smallest absolute Gasteiger partial charge is 0.355 e. The van der Waals surface area contributed by atoms with Gasteiger partial charge in [-0.25, -0.2) is 9.18 Å². The molecule has 0 aliphatic rings. The van der Waals surface area contributed by atoms with Crippen LogP contribution in [0.25, 0.3) is 16.4 Å². The van der Waals surface area contributed by atoms with Crippen LogP contribution >= 0.6 is 0 Å². The van der Waals surface area contributed by atoms with Gasteiger partial charge >= 0.3 is 5.97 Å². The van der Waals surface area contributed by atoms with Crippen LogP contribution in [0.2, 0.25) is 0 Å². The number of nitrogens with one attached hydrogen (secondary N) is 1. The molecule has 1 N–H and O–H groups in total. The van der Waals surface area contributed by atoms with Crippen LogP contribution in [0.1, 0.15) is 27.8 Å². The molecule has 0 aliphatic heterocycles. The molecule has 1 amide bonds. The summed E-state index contributed by atoms with van der Waals surface area (Å²) in [5.41, 5.74) is 1.89. The monoisotopic (exact) mass is 376 g/mol. The first-order valence-corrected chi connectivity index (χ1v) is 8.86. The number of amides is 1. The normalized spacial score (nSPS) is 10.9. The summed E-state index contributed by atoms with van der Waals surface area (Å²) in [7, 11) is 0. The highest BCUT2D eigenvalue weighted by molar-refractivity contribution is 6.12. The van der Waals surface area contributed by atoms with Crippen LogP contribution in [0, 0.1) is 5.82 Å². The van der Waals surface area contributed by atoms with Gasteiger partial charge in [-0.2, -0.15) is 0 Å². The van der Waals surface area contributed by atoms with Crippen LogP contribution in [-0.2, 0) is 4.74 Å². The van der Waals surface area contributed by atoms with Crippen LogP contribution in [0.5, 0.6) is 0 Å². The van der Waals surface area contributed by atoms with Crippen molar-refractivity contribution < 1.29 is 18.7 Å². The van der Waals surface area contributed by atoms with E-state index in [1.54, 1.807) is 29.5 Å². The summed E-state index contributed by atoms with van der Waals surface area (Å²) in [6.07, 6.45) is 0. The first-order chi connectivity index (χ1) is 13.6. The summed E-state index contributed by atoms with van der Waals surface area (Å²) in [4.78, 5) is 25.4. The number of ether oxygens (including phenoxy) is 1. The van der Waals surface area contributed by atoms with E-state index < -0.39 is 17.7 Å². The zero-order valence-electron chi connectivity index (χ0n) is 15.1. The molecule has 0 aliphatic carbocycles. The lowest BCUT2D eigenvalue weighted by atomic mass is 10.2. The highest BCUT2D eigenvalue weighted by Crippen LogP contribution is 2.26. The molecule has 0 saturated heterocycles. The van der Waals surface area contributed by atoms with Crippen LogP contribution in [0.15, 0.2) is 66.7 Å². The number of benzene rings is 2. The number of halogens is 1. The van der Waals surface area contributed by atoms with Gasteiger partial charge in [0.05, 0.1) is 28.9 Å². The number of esters is 1. The Morgan fingerprint density at radius 3 is 2.54 bits per heavy atom. The number of para-hydroxylation sites is 2. The molecule has 2 aromatic carbocycles. The highest BCUT2D eigenvalue weighted by Gasteiger charge is 2.22. The third-order valence-electron chi connectivity index (χ3n) is 4.49. The Kier molecular flexibility index (Phi) is 4.53. The van der Waals surface area contributed by atoms with Gasteiger partial charge in [0.15, 0.2) is 0 Å². The van der Waals surface area contributed by atoms with Crippen molar-refractivity contribution >= 4 is 34.0 Å². The predicted octanol–water partition coefficient (Wildman–Crippen LogP) is 4.66. The van der Waals surface area contributed by atoms with Crippen molar-refractivity contribution in [2.75, 3.05) is 11.9 Å². The highest BCUT2D eigenvalue weighted by atomic mass is 19.1. The lowest BCUT2D eigenvalue weighted by Crippen LogP contribution is -2.12. The van der Waals surface area contributed by atoms with Crippen LogP contribution in [0.4, 0.5) is 10.1 Å². The second kappa shape index (κ2) is 7.15. The molecule has 2 heterocycles. The SMILES string of the molecule is CCOC(=O)c1cc(C(=O)Nc2ccccc2F)c2ccc3ccccc3n12. The Morgan fingerprint density at radius 2 is 1.75 bits per heavy atom. The minimum atomic E-state index is -0.532. The van der Waals surface area contributed by atoms with E-state index in [-0.39, 0.29) is 23.6 Å². The Morgan fingerprint density at radius 1 is 1.00 bits per heavy atom. The van der Waals surface area contributed by atoms with Gasteiger partial charge in [0.2, 0.25) is 0 Å². The standard InChI is InChI=1S/C22H17FN2O3/c1-2-28-22(27)20-13-15(21(26)24-17-9-5-4-8-16(17)23)19-12-11-14-7-3-6-10-18(14)25(19)20/h3-13H,2H2,1H3,(H,24,26). The third kappa shape index (κ3) is 2.99. The van der Waals surface area contributed by atoms with E-state index in [0.717, 1.165) is 10.9 Å². The summed E-state index contributed by atoms with van der Waals surface area (Å²) < 4.78 is 20.8. The summed E-state index contributed by atoms with van der Waals surface area (Å²) in [6.45, 7) is 1.94. The lowest BCUT2D eigenvalue weighted by molar-refractivity contribution is 0.0519. The fourth-order valence-electron chi connectivity index (χ4n) is 3.24. The predicted molar refractivity (Wildman–Crippen MR) is 105 cm³/mol. The molecule has 0 unspecified atom stereocenters. The van der Waals surface area contributed by atoms with E-state index >= 15 is 0 Å². The number of aromatic nitrogens is 1. The molecule has 5 nitrogen and oxygen atoms in total. The molecule has 0 bridgehead atoms. The molecular weight excluding hydrogens is 359 g/mol. The van der Waals surface area contributed by atoms with Crippen LogP contribution in [0.3, 0.4) is 0 Å². The van der Waals surface area contributed by atoms with E-state index in [0.29, 0.717) is 5.52 Å². The van der Waals surface area contributed by atoms with Gasteiger partial charge in [0, 0.05) is 0 Å². The zero-order chi connectivity index (χ0) is 19.7. The Labute approximate surface area is 160 Å². The summed E-state index contributed by atoms with van der Waals surface area (Å²) in [5.74, 6) is -1.57. The zero-order valence-corrected chi connectivity index (χ0v) is 15.1. The van der Waals surface area contributed by atoms with Crippen LogP contribution in [-0.4, -0.2) is 22.9 Å². The molecule has 0 spiro atoms. The minimum Gasteiger partial charge on any atom is -0.461 e. The van der Waals surface area contributed by atoms with Crippen molar-refractivity contribution in [3.8, 4) is 0 Å². The van der Waals surface area contributed by atoms with Crippen molar-refractivity contribution in [2.45, 2.75) is 6.92 Å². The van der Waals surface area contributed by atoms with Crippen molar-refractivity contribution in [3.05, 3.63) is 83.8 Å². The first-order valence-electron chi connectivity index (χ1n) is 8.86. The summed E-state index contributed by atoms with van der Waals surface area (Å²) >= 11 is 0. The van der Waals surface area contributed by atoms with Crippen LogP contribution < -0.4 is 5.32 Å². The molecule has 0 atom stereocenters. The largest absolute Gasteiger partial charge is 0.461 e. The summed E-state index contributed by atoms with van der Waals surface area (Å²) in [5, 5.41) is 3.49. The van der Waals surface area contributed by atoms with Gasteiger partial charge in [-0.05, 0) is 42.6 Å². The number of fused-ring (bicyclic) bond motifs is 3. The van der Waals surface area contributed by atoms with Gasteiger partial charge in [0.1, 0.15) is 11.5 Å². The van der Waals surface area contributed by atoms with E-state index in [2.05, 4.69) is 5.32 Å². The average molecular weight is 376 g/mol. The number of anilines is 1. The van der Waals surface area contributed by atoms with E-state index in [1.807, 2.05) is 30.3 Å². The van der Waals surface area contributed by atoms with Gasteiger partial charge in [0.25, 0.3) is 5.91 Å². The number of pyridine rings is 1. The molecule has 4 aromatic rings. The third-order valence-corrected chi connectivity index (χ3v) is 4.49. The van der Waals surface area contributed by atoms with Gasteiger partial charge < -0.3 is 14.5 Å². The van der Waals surface area contributed by atoms with Gasteiger partial charge in [-0.3, -0.25) is 4.79 Å². The Bertz CT molecular complexity index is 1210. The first kappa shape index (κ1) is 17.7. The van der Waals surface area contributed by atoms with E-state index in [9.17, 15) is 14.0 Å². The molecule has 28 heavy (non-hydrogen) atoms. The Hall–Kier alpha value is -3.67. The molecule has 0 saturated carbocycles. The number of hydrogen-bond donors (Lipinski definition) is 1. The molecule has 2 aromatic heterocycles. The maximum absolute atomic E-state index is 13.9. The lowest BCUT2D eigenvalue weighted by Gasteiger charge is -2.08. The van der Waals surface area contributed by atoms with Crippen molar-refractivity contribution in [1.82, 2.24) is 4.40 Å². The fraction of sp³-hybridized carbons (Fsp3) is 0.0909. The number of rotatable bonds is 4. The Balaban J connectivity index is 1.89. The number of carbonyl (C=O) groups is 2. The molecule has 4 rings (SSSR count). The number of hydrogen-bond acceptors (Lipinski definition) is 3. The topological polar surface area (TPSA) is 59.8 Å². The average Bonchev–Trinajstić information content (AvgIpc) is 3.10. The van der Waals surface area contributed by atoms with Gasteiger partial charge in [-0.1, -0.05) is 36.4 Å². The molecule has 6 heteroatoms. The van der Waals surface area contributed by atoms with Crippen molar-refractivity contribution in [3.63, 3.8) is 0 Å². The maximum atomic E-state index is 13.9. The molecule has 0 fully saturated rings. The van der Waals surface area contributed by atoms with Crippen molar-refractivity contribution in [1.29, 1.82) is 0 Å². The van der Waals surface area contributed by atoms with E-state index in [4.69, 9.17) is 4.74 Å². The maximum Gasteiger partial charge on any atom is 0.355 e. The second-order valence-electron chi connectivity index (χ2n) is 6.21. The minimum absolute atomic E-state index is 0.0744. The number of nitrogens with zero attached hydrogens (tertiary/aromatic N) is 1. The molecular formula is C22H17FN2O3. The molecule has 140 valence electrons. The molecule has 0 radical (unpaired) electrons. The second-order valence-corrected chi connectivity index (χ2v) is 6.21. The number of carbonyl (C=O) groups excluding carboxylic acids is 2.